The lowest BCUT2D eigenvalue weighted by Crippen LogP contribution is -2.46. The minimum Gasteiger partial charge on any atom is -0.480 e. The summed E-state index contributed by atoms with van der Waals surface area (Å²) in [7, 11) is 5.94. The molecule has 2 unspecified atom stereocenters. The Morgan fingerprint density at radius 3 is 2.88 bits per heavy atom. The molecule has 1 heterocycles. The predicted octanol–water partition coefficient (Wildman–Crippen LogP) is 0.0751. The molecule has 1 aliphatic heterocycles. The standard InChI is InChI=1S/C12H25N3O2/c1-13-11(12(16)17)6-8-15(3)10-5-4-7-14(2)9-10/h10-11,13H,4-9H2,1-3H3,(H,16,17). The molecule has 1 fully saturated rings. The van der Waals surface area contributed by atoms with E-state index in [4.69, 9.17) is 5.11 Å². The molecule has 0 aromatic rings. The Bertz CT molecular complexity index is 248. The van der Waals surface area contributed by atoms with Crippen LogP contribution in [0.5, 0.6) is 0 Å². The molecule has 2 N–H and O–H groups in total. The number of aliphatic carboxylic acids is 1. The fourth-order valence-corrected chi connectivity index (χ4v) is 2.41. The fraction of sp³-hybridized carbons (Fsp3) is 0.917. The van der Waals surface area contributed by atoms with E-state index in [9.17, 15) is 4.79 Å². The molecule has 1 saturated heterocycles. The van der Waals surface area contributed by atoms with Crippen molar-refractivity contribution in [2.75, 3.05) is 40.8 Å². The van der Waals surface area contributed by atoms with Gasteiger partial charge in [-0.05, 0) is 47.0 Å². The molecule has 0 aromatic heterocycles. The van der Waals surface area contributed by atoms with Crippen LogP contribution in [0.4, 0.5) is 0 Å². The lowest BCUT2D eigenvalue weighted by Gasteiger charge is -2.36. The van der Waals surface area contributed by atoms with Gasteiger partial charge >= 0.3 is 5.97 Å². The van der Waals surface area contributed by atoms with E-state index in [1.165, 1.54) is 19.4 Å². The topological polar surface area (TPSA) is 55.8 Å². The average molecular weight is 243 g/mol. The van der Waals surface area contributed by atoms with Crippen LogP contribution in [0, 0.1) is 0 Å². The molecular weight excluding hydrogens is 218 g/mol. The van der Waals surface area contributed by atoms with Crippen molar-refractivity contribution in [2.45, 2.75) is 31.3 Å². The summed E-state index contributed by atoms with van der Waals surface area (Å²) in [6.45, 7) is 3.10. The van der Waals surface area contributed by atoms with Crippen molar-refractivity contribution in [3.63, 3.8) is 0 Å². The highest BCUT2D eigenvalue weighted by atomic mass is 16.4. The first kappa shape index (κ1) is 14.4. The summed E-state index contributed by atoms with van der Waals surface area (Å²) >= 11 is 0. The van der Waals surface area contributed by atoms with E-state index in [0.717, 1.165) is 13.1 Å². The number of carbonyl (C=O) groups is 1. The highest BCUT2D eigenvalue weighted by molar-refractivity contribution is 5.73. The number of nitrogens with one attached hydrogen (secondary N) is 1. The van der Waals surface area contributed by atoms with Gasteiger partial charge < -0.3 is 20.2 Å². The van der Waals surface area contributed by atoms with E-state index in [1.54, 1.807) is 7.05 Å². The van der Waals surface area contributed by atoms with Crippen LogP contribution in [-0.2, 0) is 4.79 Å². The smallest absolute Gasteiger partial charge is 0.320 e. The van der Waals surface area contributed by atoms with Crippen molar-refractivity contribution in [3.05, 3.63) is 0 Å². The Labute approximate surface area is 104 Å². The molecule has 1 rings (SSSR count). The molecule has 5 nitrogen and oxygen atoms in total. The quantitative estimate of drug-likeness (QED) is 0.692. The zero-order chi connectivity index (χ0) is 12.8. The lowest BCUT2D eigenvalue weighted by atomic mass is 10.0. The maximum Gasteiger partial charge on any atom is 0.320 e. The van der Waals surface area contributed by atoms with Gasteiger partial charge in [-0.1, -0.05) is 0 Å². The van der Waals surface area contributed by atoms with Crippen LogP contribution in [0.2, 0.25) is 0 Å². The van der Waals surface area contributed by atoms with Crippen LogP contribution < -0.4 is 5.32 Å². The third kappa shape index (κ3) is 4.61. The van der Waals surface area contributed by atoms with E-state index >= 15 is 0 Å². The summed E-state index contributed by atoms with van der Waals surface area (Å²) in [6, 6.07) is 0.138. The highest BCUT2D eigenvalue weighted by Crippen LogP contribution is 2.13. The molecule has 0 spiro atoms. The summed E-state index contributed by atoms with van der Waals surface area (Å²) in [5.41, 5.74) is 0. The van der Waals surface area contributed by atoms with Gasteiger partial charge in [-0.2, -0.15) is 0 Å². The van der Waals surface area contributed by atoms with E-state index in [2.05, 4.69) is 29.2 Å². The van der Waals surface area contributed by atoms with Gasteiger partial charge in [0.25, 0.3) is 0 Å². The first-order valence-corrected chi connectivity index (χ1v) is 6.33. The normalized spacial score (nSPS) is 23.9. The van der Waals surface area contributed by atoms with Crippen LogP contribution in [0.1, 0.15) is 19.3 Å². The summed E-state index contributed by atoms with van der Waals surface area (Å²) in [5, 5.41) is 11.8. The van der Waals surface area contributed by atoms with Crippen LogP contribution in [0.15, 0.2) is 0 Å². The third-order valence-corrected chi connectivity index (χ3v) is 3.64. The molecule has 0 aliphatic carbocycles. The Kier molecular flexibility index (Phi) is 5.88. The van der Waals surface area contributed by atoms with Gasteiger partial charge in [-0.3, -0.25) is 4.79 Å². The maximum atomic E-state index is 10.9. The fourth-order valence-electron chi connectivity index (χ4n) is 2.41. The number of carboxylic acids is 1. The van der Waals surface area contributed by atoms with Crippen molar-refractivity contribution < 1.29 is 9.90 Å². The van der Waals surface area contributed by atoms with E-state index in [-0.39, 0.29) is 0 Å². The molecule has 2 atom stereocenters. The minimum atomic E-state index is -0.762. The third-order valence-electron chi connectivity index (χ3n) is 3.64. The molecular formula is C12H25N3O2. The number of hydrogen-bond donors (Lipinski definition) is 2. The second-order valence-electron chi connectivity index (χ2n) is 5.01. The predicted molar refractivity (Wildman–Crippen MR) is 68.2 cm³/mol. The van der Waals surface area contributed by atoms with E-state index in [0.29, 0.717) is 12.5 Å². The van der Waals surface area contributed by atoms with Gasteiger partial charge in [-0.15, -0.1) is 0 Å². The average Bonchev–Trinajstić information content (AvgIpc) is 2.29. The summed E-state index contributed by atoms with van der Waals surface area (Å²) in [6.07, 6.45) is 3.11. The van der Waals surface area contributed by atoms with Crippen LogP contribution in [0.3, 0.4) is 0 Å². The number of likely N-dealkylation sites (tertiary alicyclic amines) is 1. The number of rotatable bonds is 6. The second-order valence-corrected chi connectivity index (χ2v) is 5.01. The van der Waals surface area contributed by atoms with E-state index in [1.807, 2.05) is 0 Å². The lowest BCUT2D eigenvalue weighted by molar-refractivity contribution is -0.139. The molecule has 0 saturated carbocycles. The zero-order valence-electron chi connectivity index (χ0n) is 11.1. The van der Waals surface area contributed by atoms with Crippen LogP contribution in [0.25, 0.3) is 0 Å². The molecule has 0 bridgehead atoms. The second kappa shape index (κ2) is 6.93. The Balaban J connectivity index is 2.32. The van der Waals surface area contributed by atoms with Gasteiger partial charge in [0.05, 0.1) is 0 Å². The van der Waals surface area contributed by atoms with Gasteiger partial charge in [0.1, 0.15) is 6.04 Å². The Morgan fingerprint density at radius 2 is 2.35 bits per heavy atom. The minimum absolute atomic E-state index is 0.432. The first-order chi connectivity index (χ1) is 8.04. The van der Waals surface area contributed by atoms with Gasteiger partial charge in [-0.25, -0.2) is 0 Å². The molecule has 17 heavy (non-hydrogen) atoms. The number of carboxylic acid groups (broad SMARTS) is 1. The highest BCUT2D eigenvalue weighted by Gasteiger charge is 2.22. The van der Waals surface area contributed by atoms with Crippen molar-refractivity contribution in [1.82, 2.24) is 15.1 Å². The van der Waals surface area contributed by atoms with Crippen molar-refractivity contribution >= 4 is 5.97 Å². The largest absolute Gasteiger partial charge is 0.480 e. The van der Waals surface area contributed by atoms with Crippen molar-refractivity contribution in [2.24, 2.45) is 0 Å². The van der Waals surface area contributed by atoms with Gasteiger partial charge in [0.15, 0.2) is 0 Å². The van der Waals surface area contributed by atoms with Gasteiger partial charge in [0.2, 0.25) is 0 Å². The van der Waals surface area contributed by atoms with Crippen molar-refractivity contribution in [3.8, 4) is 0 Å². The van der Waals surface area contributed by atoms with Crippen molar-refractivity contribution in [1.29, 1.82) is 0 Å². The first-order valence-electron chi connectivity index (χ1n) is 6.33. The molecule has 5 heteroatoms. The number of piperidine rings is 1. The molecule has 1 aliphatic rings. The number of nitrogens with zero attached hydrogens (tertiary/aromatic N) is 2. The van der Waals surface area contributed by atoms with E-state index < -0.39 is 12.0 Å². The number of likely N-dealkylation sites (N-methyl/N-ethyl adjacent to an activating group) is 3. The molecule has 0 radical (unpaired) electrons. The zero-order valence-corrected chi connectivity index (χ0v) is 11.1. The SMILES string of the molecule is CNC(CCN(C)C1CCCN(C)C1)C(=O)O. The van der Waals surface area contributed by atoms with Crippen LogP contribution in [-0.4, -0.2) is 73.7 Å². The Hall–Kier alpha value is -0.650. The van der Waals surface area contributed by atoms with Gasteiger partial charge in [0, 0.05) is 19.1 Å². The summed E-state index contributed by atoms with van der Waals surface area (Å²) < 4.78 is 0. The molecule has 0 aromatic carbocycles. The number of hydrogen-bond acceptors (Lipinski definition) is 4. The monoisotopic (exact) mass is 243 g/mol. The molecule has 100 valence electrons. The van der Waals surface area contributed by atoms with Crippen LogP contribution >= 0.6 is 0 Å². The Morgan fingerprint density at radius 1 is 1.65 bits per heavy atom. The summed E-state index contributed by atoms with van der Waals surface area (Å²) in [5.74, 6) is -0.762. The maximum absolute atomic E-state index is 10.9. The summed E-state index contributed by atoms with van der Waals surface area (Å²) in [4.78, 5) is 15.5. The molecule has 0 amide bonds.